The number of aromatic nitrogens is 2. The summed E-state index contributed by atoms with van der Waals surface area (Å²) in [5.41, 5.74) is 5.10. The Bertz CT molecular complexity index is 1280. The van der Waals surface area contributed by atoms with E-state index in [0.29, 0.717) is 34.3 Å². The molecule has 6 nitrogen and oxygen atoms in total. The molecule has 1 aromatic heterocycles. The van der Waals surface area contributed by atoms with E-state index in [1.54, 1.807) is 0 Å². The Morgan fingerprint density at radius 1 is 1.03 bits per heavy atom. The van der Waals surface area contributed by atoms with Gasteiger partial charge in [0.25, 0.3) is 5.56 Å². The van der Waals surface area contributed by atoms with Crippen LogP contribution < -0.4 is 15.8 Å². The molecule has 0 unspecified atom stereocenters. The fraction of sp³-hybridized carbons (Fsp3) is 0.269. The highest BCUT2D eigenvalue weighted by molar-refractivity contribution is 7.98. The van der Waals surface area contributed by atoms with Gasteiger partial charge in [-0.3, -0.25) is 9.59 Å². The highest BCUT2D eigenvalue weighted by Gasteiger charge is 2.37. The smallest absolute Gasteiger partial charge is 0.257 e. The number of Topliss-reactive ketones (excluding diaryl/α,β-unsaturated/α-hetero) is 1. The predicted octanol–water partition coefficient (Wildman–Crippen LogP) is 4.69. The normalized spacial score (nSPS) is 17.3. The number of allylic oxidation sites excluding steroid dienone is 2. The number of carbonyl (C=O) groups is 1. The number of benzene rings is 2. The van der Waals surface area contributed by atoms with Crippen molar-refractivity contribution in [2.24, 2.45) is 0 Å². The van der Waals surface area contributed by atoms with Crippen molar-refractivity contribution >= 4 is 29.1 Å². The molecule has 2 aromatic carbocycles. The van der Waals surface area contributed by atoms with Crippen LogP contribution in [0.2, 0.25) is 0 Å². The number of anilines is 2. The first-order valence-corrected chi connectivity index (χ1v) is 12.1. The summed E-state index contributed by atoms with van der Waals surface area (Å²) in [6, 6.07) is 18.2. The van der Waals surface area contributed by atoms with E-state index < -0.39 is 5.92 Å². The zero-order chi connectivity index (χ0) is 22.9. The number of hydrogen-bond donors (Lipinski definition) is 2. The third-order valence-corrected chi connectivity index (χ3v) is 7.14. The van der Waals surface area contributed by atoms with Gasteiger partial charge in [-0.25, -0.2) is 4.98 Å². The van der Waals surface area contributed by atoms with Crippen LogP contribution in [0.15, 0.2) is 75.8 Å². The molecule has 0 saturated heterocycles. The third-order valence-electron chi connectivity index (χ3n) is 6.20. The monoisotopic (exact) mass is 458 g/mol. The number of carbonyl (C=O) groups excluding carboxylic acids is 1. The van der Waals surface area contributed by atoms with Crippen molar-refractivity contribution in [3.8, 4) is 0 Å². The minimum atomic E-state index is -0.412. The Morgan fingerprint density at radius 3 is 2.52 bits per heavy atom. The van der Waals surface area contributed by atoms with E-state index in [1.807, 2.05) is 61.5 Å². The molecular formula is C26H26N4O2S. The van der Waals surface area contributed by atoms with E-state index in [1.165, 1.54) is 11.8 Å². The second-order valence-electron chi connectivity index (χ2n) is 8.62. The van der Waals surface area contributed by atoms with Crippen molar-refractivity contribution in [1.82, 2.24) is 9.97 Å². The lowest BCUT2D eigenvalue weighted by Crippen LogP contribution is -2.32. The Morgan fingerprint density at radius 2 is 1.79 bits per heavy atom. The fourth-order valence-electron chi connectivity index (χ4n) is 4.53. The van der Waals surface area contributed by atoms with Gasteiger partial charge in [0, 0.05) is 49.1 Å². The minimum absolute atomic E-state index is 0.109. The Labute approximate surface area is 197 Å². The standard InChI is InChI=1S/C26H26N4O2S/c1-30(2)18-13-11-17(12-14-18)21-22-19(9-6-10-20(22)31)27-24-23(21)25(32)29-26(28-24)33-15-16-7-4-3-5-8-16/h3-5,7-8,11-14,21H,6,9-10,15H2,1-2H3,(H2,27,28,29,32)/t21-/m0/s1. The molecule has 2 aliphatic rings. The molecule has 168 valence electrons. The minimum Gasteiger partial charge on any atom is -0.378 e. The summed E-state index contributed by atoms with van der Waals surface area (Å²) in [5.74, 6) is 0.969. The number of thioether (sulfide) groups is 1. The maximum atomic E-state index is 13.3. The van der Waals surface area contributed by atoms with Crippen molar-refractivity contribution in [1.29, 1.82) is 0 Å². The Hall–Kier alpha value is -3.32. The summed E-state index contributed by atoms with van der Waals surface area (Å²) in [4.78, 5) is 36.1. The average Bonchev–Trinajstić information content (AvgIpc) is 2.82. The summed E-state index contributed by atoms with van der Waals surface area (Å²) < 4.78 is 0. The number of aromatic amines is 1. The average molecular weight is 459 g/mol. The lowest BCUT2D eigenvalue weighted by molar-refractivity contribution is -0.116. The zero-order valence-corrected chi connectivity index (χ0v) is 19.5. The van der Waals surface area contributed by atoms with E-state index in [4.69, 9.17) is 4.98 Å². The number of fused-ring (bicyclic) bond motifs is 1. The second kappa shape index (κ2) is 8.90. The van der Waals surface area contributed by atoms with Crippen molar-refractivity contribution in [3.63, 3.8) is 0 Å². The molecule has 33 heavy (non-hydrogen) atoms. The molecular weight excluding hydrogens is 432 g/mol. The van der Waals surface area contributed by atoms with Gasteiger partial charge in [0.1, 0.15) is 5.82 Å². The van der Waals surface area contributed by atoms with Gasteiger partial charge in [-0.15, -0.1) is 0 Å². The highest BCUT2D eigenvalue weighted by Crippen LogP contribution is 2.43. The molecule has 0 amide bonds. The van der Waals surface area contributed by atoms with Crippen LogP contribution in [-0.4, -0.2) is 29.8 Å². The number of nitrogens with zero attached hydrogens (tertiary/aromatic N) is 2. The maximum absolute atomic E-state index is 13.3. The first-order chi connectivity index (χ1) is 16.0. The van der Waals surface area contributed by atoms with Crippen LogP contribution >= 0.6 is 11.8 Å². The first-order valence-electron chi connectivity index (χ1n) is 11.1. The maximum Gasteiger partial charge on any atom is 0.257 e. The summed E-state index contributed by atoms with van der Waals surface area (Å²) in [6.45, 7) is 0. The van der Waals surface area contributed by atoms with Gasteiger partial charge in [-0.1, -0.05) is 54.2 Å². The van der Waals surface area contributed by atoms with Crippen LogP contribution in [-0.2, 0) is 10.5 Å². The predicted molar refractivity (Wildman–Crippen MR) is 133 cm³/mol. The van der Waals surface area contributed by atoms with E-state index >= 15 is 0 Å². The lowest BCUT2D eigenvalue weighted by atomic mass is 9.76. The summed E-state index contributed by atoms with van der Waals surface area (Å²) in [7, 11) is 3.98. The van der Waals surface area contributed by atoms with Crippen LogP contribution in [0.5, 0.6) is 0 Å². The first kappa shape index (κ1) is 21.5. The van der Waals surface area contributed by atoms with Crippen LogP contribution in [0.3, 0.4) is 0 Å². The van der Waals surface area contributed by atoms with Crippen LogP contribution in [0.4, 0.5) is 11.5 Å². The second-order valence-corrected chi connectivity index (χ2v) is 9.58. The largest absolute Gasteiger partial charge is 0.378 e. The Balaban J connectivity index is 1.56. The molecule has 2 N–H and O–H groups in total. The molecule has 1 atom stereocenters. The molecule has 0 saturated carbocycles. The van der Waals surface area contributed by atoms with Crippen molar-refractivity contribution in [2.75, 3.05) is 24.3 Å². The van der Waals surface area contributed by atoms with Crippen molar-refractivity contribution in [2.45, 2.75) is 36.1 Å². The van der Waals surface area contributed by atoms with Gasteiger partial charge in [0.15, 0.2) is 10.9 Å². The van der Waals surface area contributed by atoms with Gasteiger partial charge in [0.05, 0.1) is 5.56 Å². The molecule has 1 aliphatic heterocycles. The molecule has 0 fully saturated rings. The lowest BCUT2D eigenvalue weighted by Gasteiger charge is -2.33. The van der Waals surface area contributed by atoms with E-state index in [9.17, 15) is 9.59 Å². The quantitative estimate of drug-likeness (QED) is 0.427. The topological polar surface area (TPSA) is 78.1 Å². The number of ketones is 1. The van der Waals surface area contributed by atoms with Crippen molar-refractivity contribution in [3.05, 3.63) is 92.9 Å². The van der Waals surface area contributed by atoms with Gasteiger partial charge in [0.2, 0.25) is 0 Å². The summed E-state index contributed by atoms with van der Waals surface area (Å²) in [6.07, 6.45) is 2.11. The molecule has 2 heterocycles. The zero-order valence-electron chi connectivity index (χ0n) is 18.7. The van der Waals surface area contributed by atoms with Crippen LogP contribution in [0, 0.1) is 0 Å². The molecule has 5 rings (SSSR count). The van der Waals surface area contributed by atoms with Crippen molar-refractivity contribution < 1.29 is 4.79 Å². The molecule has 0 radical (unpaired) electrons. The number of H-pyrrole nitrogens is 1. The van der Waals surface area contributed by atoms with E-state index in [0.717, 1.165) is 35.4 Å². The SMILES string of the molecule is CN(C)c1ccc([C@H]2C3=C(CCCC3=O)Nc3nc(SCc4ccccc4)[nH]c(=O)c32)cc1. The van der Waals surface area contributed by atoms with Crippen LogP contribution in [0.25, 0.3) is 0 Å². The Kier molecular flexibility index (Phi) is 5.81. The molecule has 7 heteroatoms. The molecule has 0 spiro atoms. The number of nitrogens with one attached hydrogen (secondary N) is 2. The number of hydrogen-bond acceptors (Lipinski definition) is 6. The van der Waals surface area contributed by atoms with Crippen LogP contribution in [0.1, 0.15) is 41.9 Å². The van der Waals surface area contributed by atoms with E-state index in [2.05, 4.69) is 22.4 Å². The van der Waals surface area contributed by atoms with Gasteiger partial charge >= 0.3 is 0 Å². The van der Waals surface area contributed by atoms with Gasteiger partial charge in [-0.2, -0.15) is 0 Å². The molecule has 0 bridgehead atoms. The summed E-state index contributed by atoms with van der Waals surface area (Å²) in [5, 5.41) is 3.92. The molecule has 3 aromatic rings. The van der Waals surface area contributed by atoms with Gasteiger partial charge in [-0.05, 0) is 36.1 Å². The van der Waals surface area contributed by atoms with Gasteiger partial charge < -0.3 is 15.2 Å². The fourth-order valence-corrected chi connectivity index (χ4v) is 5.35. The van der Waals surface area contributed by atoms with E-state index in [-0.39, 0.29) is 11.3 Å². The molecule has 1 aliphatic carbocycles. The summed E-state index contributed by atoms with van der Waals surface area (Å²) >= 11 is 1.50. The highest BCUT2D eigenvalue weighted by atomic mass is 32.2. The third kappa shape index (κ3) is 4.20. The number of rotatable bonds is 5.